The Hall–Kier alpha value is -0.910. The van der Waals surface area contributed by atoms with Crippen molar-refractivity contribution in [2.45, 2.75) is 19.2 Å². The van der Waals surface area contributed by atoms with Crippen LogP contribution in [-0.2, 0) is 0 Å². The van der Waals surface area contributed by atoms with Gasteiger partial charge in [-0.05, 0) is 26.0 Å². The first-order chi connectivity index (χ1) is 7.15. The second-order valence-corrected chi connectivity index (χ2v) is 3.82. The zero-order valence-corrected chi connectivity index (χ0v) is 10.2. The van der Waals surface area contributed by atoms with Gasteiger partial charge in [-0.15, -0.1) is 11.6 Å². The molecule has 0 saturated carbocycles. The Kier molecular flexibility index (Phi) is 6.94. The predicted octanol–water partition coefficient (Wildman–Crippen LogP) is 4.18. The Morgan fingerprint density at radius 3 is 2.53 bits per heavy atom. The molecule has 0 spiro atoms. The Morgan fingerprint density at radius 2 is 2.07 bits per heavy atom. The molecule has 0 bridgehead atoms. The molecule has 0 N–H and O–H groups in total. The second kappa shape index (κ2) is 7.39. The molecule has 0 aromatic heterocycles. The van der Waals surface area contributed by atoms with E-state index in [1.807, 2.05) is 26.0 Å². The van der Waals surface area contributed by atoms with Gasteiger partial charge in [-0.3, -0.25) is 0 Å². The number of nitrogens with zero attached hydrogens (tertiary/aromatic N) is 1. The van der Waals surface area contributed by atoms with E-state index in [2.05, 4.69) is 6.57 Å². The lowest BCUT2D eigenvalue weighted by atomic mass is 10.1. The first kappa shape index (κ1) is 14.1. The van der Waals surface area contributed by atoms with Crippen molar-refractivity contribution in [2.75, 3.05) is 6.61 Å². The summed E-state index contributed by atoms with van der Waals surface area (Å²) in [7, 11) is 0. The molecule has 82 valence electrons. The Morgan fingerprint density at radius 1 is 1.47 bits per heavy atom. The summed E-state index contributed by atoms with van der Waals surface area (Å²) >= 11 is 11.8. The van der Waals surface area contributed by atoms with Gasteiger partial charge in [0.25, 0.3) is 0 Å². The van der Waals surface area contributed by atoms with E-state index in [0.29, 0.717) is 11.6 Å². The third-order valence-electron chi connectivity index (χ3n) is 1.70. The number of alkyl halides is 1. The van der Waals surface area contributed by atoms with Crippen LogP contribution in [0.25, 0.3) is 0 Å². The zero-order valence-electron chi connectivity index (χ0n) is 8.71. The van der Waals surface area contributed by atoms with Gasteiger partial charge in [-0.1, -0.05) is 17.7 Å². The Balaban J connectivity index is 0.000000921. The topological polar surface area (TPSA) is 33.0 Å². The molecule has 0 radical (unpaired) electrons. The van der Waals surface area contributed by atoms with Crippen molar-refractivity contribution in [3.63, 3.8) is 0 Å². The van der Waals surface area contributed by atoms with Crippen molar-refractivity contribution in [2.24, 2.45) is 0 Å². The van der Waals surface area contributed by atoms with Crippen LogP contribution in [-0.4, -0.2) is 6.61 Å². The smallest absolute Gasteiger partial charge is 0.125 e. The van der Waals surface area contributed by atoms with Crippen molar-refractivity contribution in [3.8, 4) is 12.3 Å². The fraction of sp³-hybridized carbons (Fsp3) is 0.364. The lowest BCUT2D eigenvalue weighted by Crippen LogP contribution is -1.96. The highest BCUT2D eigenvalue weighted by atomic mass is 35.5. The van der Waals surface area contributed by atoms with Crippen LogP contribution in [0.4, 0.5) is 0 Å². The molecule has 0 heterocycles. The van der Waals surface area contributed by atoms with Crippen LogP contribution >= 0.6 is 23.2 Å². The summed E-state index contributed by atoms with van der Waals surface area (Å²) in [5.41, 5.74) is 0.980. The highest BCUT2D eigenvalue weighted by molar-refractivity contribution is 6.30. The molecule has 0 aliphatic rings. The van der Waals surface area contributed by atoms with Gasteiger partial charge in [-0.2, -0.15) is 0 Å². The molecule has 0 aliphatic carbocycles. The van der Waals surface area contributed by atoms with E-state index in [0.717, 1.165) is 11.3 Å². The highest BCUT2D eigenvalue weighted by Gasteiger charge is 2.08. The van der Waals surface area contributed by atoms with Gasteiger partial charge in [0.15, 0.2) is 0 Å². The maximum Gasteiger partial charge on any atom is 0.125 e. The quantitative estimate of drug-likeness (QED) is 0.749. The molecule has 1 rings (SSSR count). The first-order valence-electron chi connectivity index (χ1n) is 4.47. The van der Waals surface area contributed by atoms with Crippen LogP contribution in [0.2, 0.25) is 5.02 Å². The molecule has 2 nitrogen and oxygen atoms in total. The fourth-order valence-corrected chi connectivity index (χ4v) is 1.46. The number of ether oxygens (including phenoxy) is 1. The monoisotopic (exact) mass is 245 g/mol. The molecule has 15 heavy (non-hydrogen) atoms. The summed E-state index contributed by atoms with van der Waals surface area (Å²) in [5, 5.41) is 7.11. The minimum absolute atomic E-state index is 0.0567. The van der Waals surface area contributed by atoms with Crippen LogP contribution in [0.5, 0.6) is 5.75 Å². The van der Waals surface area contributed by atoms with Gasteiger partial charge in [0.05, 0.1) is 12.0 Å². The van der Waals surface area contributed by atoms with E-state index >= 15 is 0 Å². The molecule has 1 unspecified atom stereocenters. The normalized spacial score (nSPS) is 11.1. The van der Waals surface area contributed by atoms with Crippen LogP contribution < -0.4 is 4.74 Å². The van der Waals surface area contributed by atoms with Gasteiger partial charge < -0.3 is 4.74 Å². The molecular formula is C11H13Cl2NO. The molecule has 1 atom stereocenters. The number of hydrogen-bond acceptors (Lipinski definition) is 2. The maximum absolute atomic E-state index is 6.50. The molecule has 0 amide bonds. The van der Waals surface area contributed by atoms with Crippen LogP contribution in [0, 0.1) is 11.8 Å². The van der Waals surface area contributed by atoms with E-state index in [1.54, 1.807) is 6.07 Å². The summed E-state index contributed by atoms with van der Waals surface area (Å²) < 4.78 is 5.41. The summed E-state index contributed by atoms with van der Waals surface area (Å²) in [6, 6.07) is 5.50. The van der Waals surface area contributed by atoms with E-state index in [9.17, 15) is 0 Å². The molecule has 1 aromatic carbocycles. The molecule has 4 heteroatoms. The molecule has 0 fully saturated rings. The lowest BCUT2D eigenvalue weighted by molar-refractivity contribution is 0.336. The van der Waals surface area contributed by atoms with Gasteiger partial charge >= 0.3 is 0 Å². The third-order valence-corrected chi connectivity index (χ3v) is 2.17. The number of hydrogen-bond donors (Lipinski definition) is 0. The Bertz CT molecular complexity index is 324. The highest BCUT2D eigenvalue weighted by Crippen LogP contribution is 2.31. The predicted molar refractivity (Wildman–Crippen MR) is 63.6 cm³/mol. The number of benzene rings is 1. The molecule has 1 aromatic rings. The lowest BCUT2D eigenvalue weighted by Gasteiger charge is -2.11. The second-order valence-electron chi connectivity index (χ2n) is 2.73. The van der Waals surface area contributed by atoms with Crippen molar-refractivity contribution in [1.82, 2.24) is 0 Å². The summed E-state index contributed by atoms with van der Waals surface area (Å²) in [5.74, 6) is 0.775. The Labute approximate surface area is 100 Å². The van der Waals surface area contributed by atoms with E-state index in [-0.39, 0.29) is 5.38 Å². The number of halogens is 2. The average Bonchev–Trinajstić information content (AvgIpc) is 2.21. The average molecular weight is 246 g/mol. The van der Waals surface area contributed by atoms with Crippen LogP contribution in [0.3, 0.4) is 0 Å². The van der Waals surface area contributed by atoms with Crippen molar-refractivity contribution in [1.29, 1.82) is 5.26 Å². The first-order valence-corrected chi connectivity index (χ1v) is 5.28. The minimum Gasteiger partial charge on any atom is -0.493 e. The molecule has 0 saturated heterocycles. The SMILES string of the molecule is C#N.CCOc1cc(Cl)ccc1C(C)Cl. The van der Waals surface area contributed by atoms with Gasteiger partial charge in [0.2, 0.25) is 0 Å². The van der Waals surface area contributed by atoms with Gasteiger partial charge in [-0.25, -0.2) is 5.26 Å². The van der Waals surface area contributed by atoms with E-state index < -0.39 is 0 Å². The molecular weight excluding hydrogens is 233 g/mol. The summed E-state index contributed by atoms with van der Waals surface area (Å²) in [6.45, 7) is 7.97. The standard InChI is InChI=1S/C10H12Cl2O.CHN/c1-3-13-10-6-8(12)4-5-9(10)7(2)11;1-2/h4-7H,3H2,1-2H3;1H. The summed E-state index contributed by atoms with van der Waals surface area (Å²) in [4.78, 5) is 0. The van der Waals surface area contributed by atoms with Crippen molar-refractivity contribution in [3.05, 3.63) is 28.8 Å². The number of nitriles is 1. The van der Waals surface area contributed by atoms with Crippen molar-refractivity contribution >= 4 is 23.2 Å². The zero-order chi connectivity index (χ0) is 11.8. The van der Waals surface area contributed by atoms with Gasteiger partial charge in [0, 0.05) is 17.2 Å². The third kappa shape index (κ3) is 4.42. The number of rotatable bonds is 3. The maximum atomic E-state index is 6.50. The fourth-order valence-electron chi connectivity index (χ4n) is 1.12. The van der Waals surface area contributed by atoms with Crippen LogP contribution in [0.1, 0.15) is 24.8 Å². The largest absolute Gasteiger partial charge is 0.493 e. The molecule has 0 aliphatic heterocycles. The van der Waals surface area contributed by atoms with Crippen molar-refractivity contribution < 1.29 is 4.74 Å². The van der Waals surface area contributed by atoms with E-state index in [4.69, 9.17) is 33.2 Å². The summed E-state index contributed by atoms with van der Waals surface area (Å²) in [6.07, 6.45) is 0. The minimum atomic E-state index is -0.0567. The van der Waals surface area contributed by atoms with Crippen LogP contribution in [0.15, 0.2) is 18.2 Å². The van der Waals surface area contributed by atoms with E-state index in [1.165, 1.54) is 0 Å². The van der Waals surface area contributed by atoms with Gasteiger partial charge in [0.1, 0.15) is 5.75 Å².